The Bertz CT molecular complexity index is 679. The fourth-order valence-electron chi connectivity index (χ4n) is 3.14. The molecule has 0 radical (unpaired) electrons. The van der Waals surface area contributed by atoms with Gasteiger partial charge < -0.3 is 10.4 Å². The van der Waals surface area contributed by atoms with Crippen LogP contribution < -0.4 is 5.32 Å². The molecular weight excluding hydrogens is 300 g/mol. The number of hydrogen-bond acceptors (Lipinski definition) is 3. The number of nitrogens with zero attached hydrogens (tertiary/aromatic N) is 1. The van der Waals surface area contributed by atoms with Crippen LogP contribution in [0.15, 0.2) is 54.6 Å². The SMILES string of the molecule is C[C@@H](C(=O)Nc1ccccc1-c1ccccc1)N1CCC(O)CC1. The molecule has 0 saturated carbocycles. The minimum absolute atomic E-state index is 0.00484. The number of rotatable bonds is 4. The highest BCUT2D eigenvalue weighted by Crippen LogP contribution is 2.28. The van der Waals surface area contributed by atoms with Crippen molar-refractivity contribution in [3.8, 4) is 11.1 Å². The number of benzene rings is 2. The van der Waals surface area contributed by atoms with E-state index in [0.29, 0.717) is 0 Å². The Labute approximate surface area is 143 Å². The number of piperidine rings is 1. The second kappa shape index (κ2) is 7.60. The first-order valence-corrected chi connectivity index (χ1v) is 8.52. The summed E-state index contributed by atoms with van der Waals surface area (Å²) >= 11 is 0. The van der Waals surface area contributed by atoms with Crippen molar-refractivity contribution in [1.29, 1.82) is 0 Å². The molecule has 1 aliphatic heterocycles. The number of anilines is 1. The fraction of sp³-hybridized carbons (Fsp3) is 0.350. The van der Waals surface area contributed by atoms with Crippen molar-refractivity contribution >= 4 is 11.6 Å². The van der Waals surface area contributed by atoms with E-state index < -0.39 is 0 Å². The summed E-state index contributed by atoms with van der Waals surface area (Å²) in [4.78, 5) is 14.8. The van der Waals surface area contributed by atoms with Gasteiger partial charge in [0.25, 0.3) is 0 Å². The van der Waals surface area contributed by atoms with Gasteiger partial charge in [0, 0.05) is 24.3 Å². The molecule has 0 bridgehead atoms. The highest BCUT2D eigenvalue weighted by molar-refractivity contribution is 5.98. The zero-order chi connectivity index (χ0) is 16.9. The first kappa shape index (κ1) is 16.7. The summed E-state index contributed by atoms with van der Waals surface area (Å²) in [6.45, 7) is 3.45. The standard InChI is InChI=1S/C20H24N2O2/c1-15(22-13-11-17(23)12-14-22)20(24)21-19-10-6-5-9-18(19)16-7-3-2-4-8-16/h2-10,15,17,23H,11-14H2,1H3,(H,21,24)/t15-/m0/s1. The lowest BCUT2D eigenvalue weighted by Gasteiger charge is -2.33. The summed E-state index contributed by atoms with van der Waals surface area (Å²) in [6.07, 6.45) is 1.24. The predicted octanol–water partition coefficient (Wildman–Crippen LogP) is 3.14. The summed E-state index contributed by atoms with van der Waals surface area (Å²) in [6, 6.07) is 17.7. The van der Waals surface area contributed by atoms with E-state index in [9.17, 15) is 9.90 Å². The first-order chi connectivity index (χ1) is 11.6. The monoisotopic (exact) mass is 324 g/mol. The molecule has 24 heavy (non-hydrogen) atoms. The predicted molar refractivity (Wildman–Crippen MR) is 96.8 cm³/mol. The van der Waals surface area contributed by atoms with E-state index in [2.05, 4.69) is 10.2 Å². The first-order valence-electron chi connectivity index (χ1n) is 8.52. The summed E-state index contributed by atoms with van der Waals surface area (Å²) in [5.74, 6) is -0.00484. The second-order valence-corrected chi connectivity index (χ2v) is 6.34. The van der Waals surface area contributed by atoms with E-state index in [1.165, 1.54) is 0 Å². The highest BCUT2D eigenvalue weighted by atomic mass is 16.3. The number of para-hydroxylation sites is 1. The Hall–Kier alpha value is -2.17. The molecule has 2 aromatic carbocycles. The van der Waals surface area contributed by atoms with Crippen LogP contribution in [-0.2, 0) is 4.79 Å². The van der Waals surface area contributed by atoms with Crippen LogP contribution in [0.5, 0.6) is 0 Å². The van der Waals surface area contributed by atoms with Crippen LogP contribution in [0.25, 0.3) is 11.1 Å². The highest BCUT2D eigenvalue weighted by Gasteiger charge is 2.26. The topological polar surface area (TPSA) is 52.6 Å². The molecule has 0 aliphatic carbocycles. The van der Waals surface area contributed by atoms with Crippen molar-refractivity contribution in [2.45, 2.75) is 31.9 Å². The fourth-order valence-corrected chi connectivity index (χ4v) is 3.14. The molecule has 2 aromatic rings. The molecule has 2 N–H and O–H groups in total. The second-order valence-electron chi connectivity index (χ2n) is 6.34. The van der Waals surface area contributed by atoms with Gasteiger partial charge in [-0.2, -0.15) is 0 Å². The summed E-state index contributed by atoms with van der Waals surface area (Å²) in [7, 11) is 0. The van der Waals surface area contributed by atoms with Gasteiger partial charge in [-0.1, -0.05) is 48.5 Å². The van der Waals surface area contributed by atoms with Crippen LogP contribution in [0.2, 0.25) is 0 Å². The average Bonchev–Trinajstić information content (AvgIpc) is 2.63. The molecule has 4 nitrogen and oxygen atoms in total. The van der Waals surface area contributed by atoms with Crippen LogP contribution in [-0.4, -0.2) is 41.1 Å². The molecule has 1 saturated heterocycles. The Morgan fingerprint density at radius 3 is 2.42 bits per heavy atom. The molecule has 0 spiro atoms. The summed E-state index contributed by atoms with van der Waals surface area (Å²) in [5.41, 5.74) is 2.94. The van der Waals surface area contributed by atoms with Crippen molar-refractivity contribution < 1.29 is 9.90 Å². The van der Waals surface area contributed by atoms with Crippen molar-refractivity contribution in [3.05, 3.63) is 54.6 Å². The third-order valence-corrected chi connectivity index (χ3v) is 4.70. The molecule has 126 valence electrons. The number of aliphatic hydroxyl groups is 1. The third kappa shape index (κ3) is 3.83. The van der Waals surface area contributed by atoms with Gasteiger partial charge in [-0.15, -0.1) is 0 Å². The number of likely N-dealkylation sites (tertiary alicyclic amines) is 1. The minimum Gasteiger partial charge on any atom is -0.393 e. The molecule has 1 atom stereocenters. The van der Waals surface area contributed by atoms with Gasteiger partial charge in [-0.3, -0.25) is 9.69 Å². The van der Waals surface area contributed by atoms with Crippen molar-refractivity contribution in [1.82, 2.24) is 4.90 Å². The van der Waals surface area contributed by atoms with Crippen LogP contribution in [0.1, 0.15) is 19.8 Å². The van der Waals surface area contributed by atoms with E-state index in [-0.39, 0.29) is 18.1 Å². The number of aliphatic hydroxyl groups excluding tert-OH is 1. The van der Waals surface area contributed by atoms with Crippen LogP contribution in [0.4, 0.5) is 5.69 Å². The number of amides is 1. The number of hydrogen-bond donors (Lipinski definition) is 2. The van der Waals surface area contributed by atoms with E-state index in [4.69, 9.17) is 0 Å². The van der Waals surface area contributed by atoms with Crippen molar-refractivity contribution in [2.24, 2.45) is 0 Å². The van der Waals surface area contributed by atoms with Crippen LogP contribution in [0.3, 0.4) is 0 Å². The molecule has 4 heteroatoms. The van der Waals surface area contributed by atoms with Gasteiger partial charge in [-0.05, 0) is 31.4 Å². The smallest absolute Gasteiger partial charge is 0.241 e. The maximum Gasteiger partial charge on any atom is 0.241 e. The van der Waals surface area contributed by atoms with Gasteiger partial charge in [0.2, 0.25) is 5.91 Å². The summed E-state index contributed by atoms with van der Waals surface area (Å²) in [5, 5.41) is 12.7. The van der Waals surface area contributed by atoms with Crippen LogP contribution in [0, 0.1) is 0 Å². The largest absolute Gasteiger partial charge is 0.393 e. The molecule has 1 fully saturated rings. The van der Waals surface area contributed by atoms with Crippen LogP contribution >= 0.6 is 0 Å². The maximum atomic E-state index is 12.7. The molecule has 0 aromatic heterocycles. The number of nitrogens with one attached hydrogen (secondary N) is 1. The van der Waals surface area contributed by atoms with Crippen molar-refractivity contribution in [2.75, 3.05) is 18.4 Å². The van der Waals surface area contributed by atoms with E-state index in [1.807, 2.05) is 61.5 Å². The van der Waals surface area contributed by atoms with Gasteiger partial charge in [0.05, 0.1) is 12.1 Å². The average molecular weight is 324 g/mol. The molecule has 0 unspecified atom stereocenters. The number of carbonyl (C=O) groups excluding carboxylic acids is 1. The maximum absolute atomic E-state index is 12.7. The van der Waals surface area contributed by atoms with E-state index in [1.54, 1.807) is 0 Å². The quantitative estimate of drug-likeness (QED) is 0.908. The van der Waals surface area contributed by atoms with E-state index in [0.717, 1.165) is 42.7 Å². The van der Waals surface area contributed by atoms with Gasteiger partial charge in [0.1, 0.15) is 0 Å². The lowest BCUT2D eigenvalue weighted by Crippen LogP contribution is -2.47. The summed E-state index contributed by atoms with van der Waals surface area (Å²) < 4.78 is 0. The van der Waals surface area contributed by atoms with Gasteiger partial charge in [0.15, 0.2) is 0 Å². The molecule has 1 aliphatic rings. The third-order valence-electron chi connectivity index (χ3n) is 4.70. The molecule has 1 amide bonds. The Morgan fingerprint density at radius 2 is 1.71 bits per heavy atom. The Balaban J connectivity index is 1.73. The lowest BCUT2D eigenvalue weighted by atomic mass is 10.0. The minimum atomic E-state index is -0.227. The van der Waals surface area contributed by atoms with Gasteiger partial charge >= 0.3 is 0 Å². The Morgan fingerprint density at radius 1 is 1.08 bits per heavy atom. The zero-order valence-electron chi connectivity index (χ0n) is 14.0. The Kier molecular flexibility index (Phi) is 5.28. The molecule has 1 heterocycles. The molecule has 3 rings (SSSR count). The normalized spacial score (nSPS) is 17.4. The number of carbonyl (C=O) groups is 1. The van der Waals surface area contributed by atoms with Crippen molar-refractivity contribution in [3.63, 3.8) is 0 Å². The zero-order valence-corrected chi connectivity index (χ0v) is 14.0. The van der Waals surface area contributed by atoms with Gasteiger partial charge in [-0.25, -0.2) is 0 Å². The molecular formula is C20H24N2O2. The lowest BCUT2D eigenvalue weighted by molar-refractivity contribution is -0.121. The van der Waals surface area contributed by atoms with E-state index >= 15 is 0 Å².